The van der Waals surface area contributed by atoms with E-state index in [-0.39, 0.29) is 5.63 Å². The van der Waals surface area contributed by atoms with Crippen LogP contribution in [0.2, 0.25) is 0 Å². The zero-order valence-electron chi connectivity index (χ0n) is 5.09. The summed E-state index contributed by atoms with van der Waals surface area (Å²) in [6.45, 7) is 0. The molecule has 0 atom stereocenters. The summed E-state index contributed by atoms with van der Waals surface area (Å²) in [5.41, 5.74) is 0.647. The van der Waals surface area contributed by atoms with E-state index in [1.54, 1.807) is 6.07 Å². The maximum absolute atomic E-state index is 10.9. The van der Waals surface area contributed by atoms with Crippen LogP contribution in [0.3, 0.4) is 0 Å². The normalized spacial score (nSPS) is 14.4. The molecule has 1 aromatic heterocycles. The predicted octanol–water partition coefficient (Wildman–Crippen LogP) is 1.11. The van der Waals surface area contributed by atoms with Gasteiger partial charge >= 0.3 is 5.63 Å². The Morgan fingerprint density at radius 2 is 2.60 bits per heavy atom. The van der Waals surface area contributed by atoms with Crippen molar-refractivity contribution in [1.29, 1.82) is 0 Å². The Morgan fingerprint density at radius 1 is 1.70 bits per heavy atom. The molecule has 0 spiro atoms. The van der Waals surface area contributed by atoms with Gasteiger partial charge in [-0.1, -0.05) is 11.8 Å². The van der Waals surface area contributed by atoms with Gasteiger partial charge in [0.2, 0.25) is 0 Å². The minimum Gasteiger partial charge on any atom is -0.430 e. The molecule has 2 rings (SSSR count). The SMILES string of the molecule is O=c1occc2c1SCN2. The highest BCUT2D eigenvalue weighted by molar-refractivity contribution is 7.99. The summed E-state index contributed by atoms with van der Waals surface area (Å²) >= 11 is 1.48. The summed E-state index contributed by atoms with van der Waals surface area (Å²) < 4.78 is 4.65. The first-order valence-corrected chi connectivity index (χ1v) is 3.85. The van der Waals surface area contributed by atoms with Gasteiger partial charge in [0.25, 0.3) is 0 Å². The van der Waals surface area contributed by atoms with Gasteiger partial charge in [0, 0.05) is 0 Å². The van der Waals surface area contributed by atoms with E-state index in [1.165, 1.54) is 18.0 Å². The highest BCUT2D eigenvalue weighted by atomic mass is 32.2. The molecule has 0 saturated heterocycles. The van der Waals surface area contributed by atoms with Crippen molar-refractivity contribution in [1.82, 2.24) is 0 Å². The summed E-state index contributed by atoms with van der Waals surface area (Å²) in [5.74, 6) is 0.768. The zero-order chi connectivity index (χ0) is 6.97. The minimum absolute atomic E-state index is 0.243. The fourth-order valence-electron chi connectivity index (χ4n) is 0.865. The van der Waals surface area contributed by atoms with Crippen molar-refractivity contribution in [3.05, 3.63) is 22.7 Å². The van der Waals surface area contributed by atoms with E-state index in [9.17, 15) is 4.79 Å². The van der Waals surface area contributed by atoms with E-state index in [0.717, 1.165) is 11.6 Å². The lowest BCUT2D eigenvalue weighted by atomic mass is 10.4. The lowest BCUT2D eigenvalue weighted by Gasteiger charge is -1.91. The van der Waals surface area contributed by atoms with Crippen LogP contribution in [0.1, 0.15) is 0 Å². The van der Waals surface area contributed by atoms with Crippen molar-refractivity contribution in [2.45, 2.75) is 4.90 Å². The Kier molecular flexibility index (Phi) is 1.20. The molecule has 4 heteroatoms. The summed E-state index contributed by atoms with van der Waals surface area (Å²) in [6.07, 6.45) is 1.40. The molecule has 3 nitrogen and oxygen atoms in total. The second kappa shape index (κ2) is 2.05. The molecular weight excluding hydrogens is 150 g/mol. The molecule has 0 unspecified atom stereocenters. The molecule has 2 heterocycles. The van der Waals surface area contributed by atoms with Crippen LogP contribution in [0.4, 0.5) is 5.69 Å². The van der Waals surface area contributed by atoms with E-state index in [4.69, 9.17) is 0 Å². The minimum atomic E-state index is -0.243. The average Bonchev–Trinajstić information content (AvgIpc) is 2.36. The van der Waals surface area contributed by atoms with Crippen molar-refractivity contribution in [2.24, 2.45) is 0 Å². The van der Waals surface area contributed by atoms with Crippen LogP contribution in [-0.4, -0.2) is 5.88 Å². The third-order valence-electron chi connectivity index (χ3n) is 1.32. The number of nitrogens with one attached hydrogen (secondary N) is 1. The Bertz CT molecular complexity index is 307. The van der Waals surface area contributed by atoms with Crippen molar-refractivity contribution in [3.63, 3.8) is 0 Å². The number of hydrogen-bond acceptors (Lipinski definition) is 4. The van der Waals surface area contributed by atoms with Gasteiger partial charge in [-0.05, 0) is 6.07 Å². The molecule has 1 N–H and O–H groups in total. The first-order valence-electron chi connectivity index (χ1n) is 2.86. The van der Waals surface area contributed by atoms with Crippen LogP contribution < -0.4 is 10.9 Å². The molecule has 0 aliphatic carbocycles. The summed E-state index contributed by atoms with van der Waals surface area (Å²) in [7, 11) is 0. The largest absolute Gasteiger partial charge is 0.430 e. The third-order valence-corrected chi connectivity index (χ3v) is 2.28. The van der Waals surface area contributed by atoms with E-state index in [1.807, 2.05) is 0 Å². The fraction of sp³-hybridized carbons (Fsp3) is 0.167. The van der Waals surface area contributed by atoms with Gasteiger partial charge in [-0.25, -0.2) is 4.79 Å². The molecule has 1 aliphatic heterocycles. The molecule has 1 aromatic rings. The molecular formula is C6H5NO2S. The maximum atomic E-state index is 10.9. The summed E-state index contributed by atoms with van der Waals surface area (Å²) in [6, 6.07) is 1.76. The molecule has 1 aliphatic rings. The standard InChI is InChI=1S/C6H5NO2S/c8-6-5-4(1-2-9-6)7-3-10-5/h1-2,7H,3H2. The van der Waals surface area contributed by atoms with Crippen LogP contribution in [0.25, 0.3) is 0 Å². The average molecular weight is 155 g/mol. The molecule has 0 fully saturated rings. The Hall–Kier alpha value is -0.900. The predicted molar refractivity (Wildman–Crippen MR) is 39.3 cm³/mol. The highest BCUT2D eigenvalue weighted by Crippen LogP contribution is 2.29. The summed E-state index contributed by atoms with van der Waals surface area (Å²) in [5, 5.41) is 3.04. The molecule has 0 amide bonds. The second-order valence-electron chi connectivity index (χ2n) is 1.92. The summed E-state index contributed by atoms with van der Waals surface area (Å²) in [4.78, 5) is 11.6. The van der Waals surface area contributed by atoms with E-state index < -0.39 is 0 Å². The number of thioether (sulfide) groups is 1. The molecule has 10 heavy (non-hydrogen) atoms. The zero-order valence-corrected chi connectivity index (χ0v) is 5.90. The van der Waals surface area contributed by atoms with Crippen LogP contribution in [0.15, 0.2) is 26.4 Å². The monoisotopic (exact) mass is 155 g/mol. The quantitative estimate of drug-likeness (QED) is 0.609. The number of rotatable bonds is 0. The van der Waals surface area contributed by atoms with E-state index in [2.05, 4.69) is 9.73 Å². The van der Waals surface area contributed by atoms with Gasteiger partial charge in [-0.15, -0.1) is 0 Å². The highest BCUT2D eigenvalue weighted by Gasteiger charge is 2.13. The van der Waals surface area contributed by atoms with Gasteiger partial charge in [0.15, 0.2) is 0 Å². The van der Waals surface area contributed by atoms with Crippen molar-refractivity contribution in [3.8, 4) is 0 Å². The lowest BCUT2D eigenvalue weighted by Crippen LogP contribution is -1.99. The van der Waals surface area contributed by atoms with Crippen molar-refractivity contribution in [2.75, 3.05) is 11.2 Å². The topological polar surface area (TPSA) is 42.2 Å². The third kappa shape index (κ3) is 0.724. The smallest absolute Gasteiger partial charge is 0.351 e. The van der Waals surface area contributed by atoms with E-state index in [0.29, 0.717) is 4.90 Å². The van der Waals surface area contributed by atoms with Crippen molar-refractivity contribution < 1.29 is 4.42 Å². The molecule has 0 saturated carbocycles. The first kappa shape index (κ1) is 5.85. The Balaban J connectivity index is 2.70. The molecule has 0 bridgehead atoms. The van der Waals surface area contributed by atoms with Crippen LogP contribution in [0, 0.1) is 0 Å². The number of hydrogen-bond donors (Lipinski definition) is 1. The first-order chi connectivity index (χ1) is 4.88. The number of anilines is 1. The molecule has 52 valence electrons. The molecule has 0 aromatic carbocycles. The van der Waals surface area contributed by atoms with Gasteiger partial charge in [0.1, 0.15) is 4.90 Å². The van der Waals surface area contributed by atoms with Crippen LogP contribution >= 0.6 is 11.8 Å². The van der Waals surface area contributed by atoms with Gasteiger partial charge < -0.3 is 9.73 Å². The fourth-order valence-corrected chi connectivity index (χ4v) is 1.70. The van der Waals surface area contributed by atoms with E-state index >= 15 is 0 Å². The van der Waals surface area contributed by atoms with Crippen molar-refractivity contribution >= 4 is 17.4 Å². The van der Waals surface area contributed by atoms with Gasteiger partial charge in [-0.2, -0.15) is 0 Å². The Morgan fingerprint density at radius 3 is 3.40 bits per heavy atom. The lowest BCUT2D eigenvalue weighted by molar-refractivity contribution is 0.497. The van der Waals surface area contributed by atoms with Crippen LogP contribution in [0.5, 0.6) is 0 Å². The molecule has 0 radical (unpaired) electrons. The van der Waals surface area contributed by atoms with Gasteiger partial charge in [-0.3, -0.25) is 0 Å². The Labute approximate surface area is 61.4 Å². The number of fused-ring (bicyclic) bond motifs is 1. The van der Waals surface area contributed by atoms with Crippen LogP contribution in [-0.2, 0) is 0 Å². The van der Waals surface area contributed by atoms with Gasteiger partial charge in [0.05, 0.1) is 17.8 Å². The maximum Gasteiger partial charge on any atom is 0.351 e. The second-order valence-corrected chi connectivity index (χ2v) is 2.90.